The Hall–Kier alpha value is -2.40. The van der Waals surface area contributed by atoms with Gasteiger partial charge in [-0.3, -0.25) is 0 Å². The Labute approximate surface area is 146 Å². The minimum atomic E-state index is -0.361. The van der Waals surface area contributed by atoms with Crippen LogP contribution in [-0.4, -0.2) is 35.8 Å². The zero-order chi connectivity index (χ0) is 17.6. The summed E-state index contributed by atoms with van der Waals surface area (Å²) in [6, 6.07) is 15.9. The van der Waals surface area contributed by atoms with Gasteiger partial charge in [0.1, 0.15) is 12.4 Å². The smallest absolute Gasteiger partial charge is 0.410 e. The number of aliphatic hydroxyl groups is 1. The number of hydrogen-bond donors (Lipinski definition) is 1. The van der Waals surface area contributed by atoms with Crippen LogP contribution in [0.2, 0.25) is 0 Å². The lowest BCUT2D eigenvalue weighted by Gasteiger charge is -2.37. The fourth-order valence-corrected chi connectivity index (χ4v) is 3.34. The molecule has 1 amide bonds. The maximum absolute atomic E-state index is 13.1. The van der Waals surface area contributed by atoms with Crippen molar-refractivity contribution in [3.63, 3.8) is 0 Å². The van der Waals surface area contributed by atoms with Crippen LogP contribution in [0.5, 0.6) is 0 Å². The molecule has 2 aromatic rings. The molecule has 0 aromatic heterocycles. The van der Waals surface area contributed by atoms with Crippen molar-refractivity contribution in [2.45, 2.75) is 18.9 Å². The van der Waals surface area contributed by atoms with E-state index in [1.165, 1.54) is 12.1 Å². The van der Waals surface area contributed by atoms with Crippen molar-refractivity contribution in [1.82, 2.24) is 4.90 Å². The van der Waals surface area contributed by atoms with Crippen molar-refractivity contribution in [3.05, 3.63) is 71.5 Å². The van der Waals surface area contributed by atoms with E-state index in [4.69, 9.17) is 4.74 Å². The van der Waals surface area contributed by atoms with Crippen molar-refractivity contribution < 1.29 is 19.0 Å². The van der Waals surface area contributed by atoms with Gasteiger partial charge >= 0.3 is 6.09 Å². The summed E-state index contributed by atoms with van der Waals surface area (Å²) in [6.07, 6.45) is 0.358. The van der Waals surface area contributed by atoms with Gasteiger partial charge in [0.2, 0.25) is 0 Å². The minimum Gasteiger partial charge on any atom is -0.445 e. The number of rotatable bonds is 4. The largest absolute Gasteiger partial charge is 0.445 e. The van der Waals surface area contributed by atoms with E-state index in [9.17, 15) is 14.3 Å². The van der Waals surface area contributed by atoms with Gasteiger partial charge in [0.05, 0.1) is 0 Å². The highest BCUT2D eigenvalue weighted by Crippen LogP contribution is 2.33. The Bertz CT molecular complexity index is 690. The Morgan fingerprint density at radius 2 is 1.88 bits per heavy atom. The van der Waals surface area contributed by atoms with Gasteiger partial charge in [-0.05, 0) is 35.6 Å². The number of ether oxygens (including phenoxy) is 1. The van der Waals surface area contributed by atoms with Gasteiger partial charge in [-0.2, -0.15) is 0 Å². The third-order valence-corrected chi connectivity index (χ3v) is 4.73. The quantitative estimate of drug-likeness (QED) is 0.923. The lowest BCUT2D eigenvalue weighted by Crippen LogP contribution is -2.44. The summed E-state index contributed by atoms with van der Waals surface area (Å²) in [5.41, 5.74) is 1.94. The first kappa shape index (κ1) is 17.4. The molecule has 2 atom stereocenters. The molecule has 4 nitrogen and oxygen atoms in total. The second-order valence-electron chi connectivity index (χ2n) is 6.38. The maximum Gasteiger partial charge on any atom is 0.410 e. The molecule has 1 fully saturated rings. The highest BCUT2D eigenvalue weighted by Gasteiger charge is 2.32. The number of piperidine rings is 1. The number of amides is 1. The van der Waals surface area contributed by atoms with Crippen LogP contribution in [0.3, 0.4) is 0 Å². The van der Waals surface area contributed by atoms with Crippen molar-refractivity contribution in [2.24, 2.45) is 5.92 Å². The van der Waals surface area contributed by atoms with Gasteiger partial charge in [0.25, 0.3) is 0 Å². The Kier molecular flexibility index (Phi) is 5.66. The van der Waals surface area contributed by atoms with Gasteiger partial charge in [0, 0.05) is 25.6 Å². The van der Waals surface area contributed by atoms with Crippen LogP contribution < -0.4 is 0 Å². The molecular weight excluding hydrogens is 321 g/mol. The second kappa shape index (κ2) is 8.12. The zero-order valence-electron chi connectivity index (χ0n) is 14.0. The monoisotopic (exact) mass is 343 g/mol. The number of nitrogens with zero attached hydrogens (tertiary/aromatic N) is 1. The summed E-state index contributed by atoms with van der Waals surface area (Å²) >= 11 is 0. The number of carbonyl (C=O) groups excluding carboxylic acids is 1. The van der Waals surface area contributed by atoms with E-state index in [0.717, 1.165) is 17.5 Å². The summed E-state index contributed by atoms with van der Waals surface area (Å²) < 4.78 is 18.5. The Morgan fingerprint density at radius 3 is 2.56 bits per heavy atom. The van der Waals surface area contributed by atoms with E-state index in [1.807, 2.05) is 30.3 Å². The summed E-state index contributed by atoms with van der Waals surface area (Å²) in [4.78, 5) is 13.9. The van der Waals surface area contributed by atoms with Crippen molar-refractivity contribution in [3.8, 4) is 0 Å². The topological polar surface area (TPSA) is 49.8 Å². The summed E-state index contributed by atoms with van der Waals surface area (Å²) in [5, 5.41) is 9.73. The van der Waals surface area contributed by atoms with Crippen LogP contribution in [0.4, 0.5) is 9.18 Å². The van der Waals surface area contributed by atoms with Crippen LogP contribution in [0.1, 0.15) is 23.5 Å². The van der Waals surface area contributed by atoms with Gasteiger partial charge in [0.15, 0.2) is 0 Å². The van der Waals surface area contributed by atoms with E-state index in [-0.39, 0.29) is 37.0 Å². The van der Waals surface area contributed by atoms with E-state index in [0.29, 0.717) is 13.1 Å². The SMILES string of the molecule is O=C(OCc1ccccc1)N1CC[C@@H](c2ccc(F)cc2)[C@@H](CO)C1. The average molecular weight is 343 g/mol. The molecule has 0 unspecified atom stereocenters. The molecule has 1 heterocycles. The van der Waals surface area contributed by atoms with E-state index >= 15 is 0 Å². The third-order valence-electron chi connectivity index (χ3n) is 4.73. The predicted molar refractivity (Wildman–Crippen MR) is 92.5 cm³/mol. The number of likely N-dealkylation sites (tertiary alicyclic amines) is 1. The van der Waals surface area contributed by atoms with Crippen LogP contribution in [0.15, 0.2) is 54.6 Å². The fraction of sp³-hybridized carbons (Fsp3) is 0.350. The standard InChI is InChI=1S/C20H22FNO3/c21-18-8-6-16(7-9-18)19-10-11-22(12-17(19)13-23)20(24)25-14-15-4-2-1-3-5-15/h1-9,17,19,23H,10-14H2/t17-,19+/m1/s1. The average Bonchev–Trinajstić information content (AvgIpc) is 2.67. The van der Waals surface area contributed by atoms with E-state index < -0.39 is 0 Å². The van der Waals surface area contributed by atoms with Crippen LogP contribution in [0, 0.1) is 11.7 Å². The highest BCUT2D eigenvalue weighted by molar-refractivity contribution is 5.67. The second-order valence-corrected chi connectivity index (χ2v) is 6.38. The first-order chi connectivity index (χ1) is 12.2. The van der Waals surface area contributed by atoms with Gasteiger partial charge in [-0.15, -0.1) is 0 Å². The van der Waals surface area contributed by atoms with Gasteiger partial charge in [-0.25, -0.2) is 9.18 Å². The lowest BCUT2D eigenvalue weighted by atomic mass is 9.81. The molecule has 3 rings (SSSR count). The first-order valence-electron chi connectivity index (χ1n) is 8.49. The summed E-state index contributed by atoms with van der Waals surface area (Å²) in [5.74, 6) is -0.238. The van der Waals surface area contributed by atoms with Gasteiger partial charge < -0.3 is 14.7 Å². The van der Waals surface area contributed by atoms with Crippen LogP contribution >= 0.6 is 0 Å². The summed E-state index contributed by atoms with van der Waals surface area (Å²) in [6.45, 7) is 1.21. The molecule has 132 valence electrons. The number of carbonyl (C=O) groups is 1. The van der Waals surface area contributed by atoms with Gasteiger partial charge in [-0.1, -0.05) is 42.5 Å². The molecule has 1 aliphatic heterocycles. The minimum absolute atomic E-state index is 0.0233. The summed E-state index contributed by atoms with van der Waals surface area (Å²) in [7, 11) is 0. The molecule has 5 heteroatoms. The molecule has 1 aliphatic rings. The number of halogens is 1. The predicted octanol–water partition coefficient (Wildman–Crippen LogP) is 3.56. The Morgan fingerprint density at radius 1 is 1.16 bits per heavy atom. The van der Waals surface area contributed by atoms with Crippen LogP contribution in [0.25, 0.3) is 0 Å². The van der Waals surface area contributed by atoms with Crippen LogP contribution in [-0.2, 0) is 11.3 Å². The molecule has 0 spiro atoms. The molecule has 0 aliphatic carbocycles. The molecule has 0 bridgehead atoms. The van der Waals surface area contributed by atoms with Crippen molar-refractivity contribution >= 4 is 6.09 Å². The lowest BCUT2D eigenvalue weighted by molar-refractivity contribution is 0.0613. The molecule has 1 saturated heterocycles. The zero-order valence-corrected chi connectivity index (χ0v) is 14.0. The van der Waals surface area contributed by atoms with Crippen molar-refractivity contribution in [2.75, 3.05) is 19.7 Å². The number of benzene rings is 2. The fourth-order valence-electron chi connectivity index (χ4n) is 3.34. The van der Waals surface area contributed by atoms with E-state index in [1.54, 1.807) is 17.0 Å². The molecule has 0 saturated carbocycles. The molecular formula is C20H22FNO3. The number of hydrogen-bond acceptors (Lipinski definition) is 3. The molecule has 25 heavy (non-hydrogen) atoms. The van der Waals surface area contributed by atoms with Crippen molar-refractivity contribution in [1.29, 1.82) is 0 Å². The molecule has 1 N–H and O–H groups in total. The molecule has 0 radical (unpaired) electrons. The molecule has 2 aromatic carbocycles. The normalized spacial score (nSPS) is 20.3. The highest BCUT2D eigenvalue weighted by atomic mass is 19.1. The third kappa shape index (κ3) is 4.37. The van der Waals surface area contributed by atoms with E-state index in [2.05, 4.69) is 0 Å². The first-order valence-corrected chi connectivity index (χ1v) is 8.49. The number of aliphatic hydroxyl groups excluding tert-OH is 1. The maximum atomic E-state index is 13.1. The Balaban J connectivity index is 1.59.